The second-order valence-electron chi connectivity index (χ2n) is 6.33. The number of carbonyl (C=O) groups excluding carboxylic acids is 2. The van der Waals surface area contributed by atoms with Crippen LogP contribution in [0.5, 0.6) is 0 Å². The third-order valence-corrected chi connectivity index (χ3v) is 4.29. The molecule has 2 heterocycles. The summed E-state index contributed by atoms with van der Waals surface area (Å²) < 4.78 is 5.77. The number of aliphatic hydroxyl groups excluding tert-OH is 1. The first kappa shape index (κ1) is 19.7. The van der Waals surface area contributed by atoms with Crippen LogP contribution in [-0.4, -0.2) is 51.7 Å². The molecule has 28 heavy (non-hydrogen) atoms. The molecule has 3 atom stereocenters. The summed E-state index contributed by atoms with van der Waals surface area (Å²) in [6.07, 6.45) is 5.52. The van der Waals surface area contributed by atoms with Gasteiger partial charge in [0.1, 0.15) is 12.4 Å². The molecule has 0 bridgehead atoms. The van der Waals surface area contributed by atoms with Gasteiger partial charge in [0.25, 0.3) is 5.91 Å². The highest BCUT2D eigenvalue weighted by Gasteiger charge is 2.29. The SMILES string of the molecule is O=C(C[C@H]1C=C[C@H](NC(=O)c2ccccc2)[C@H](CO)O1)NCc1ccncn1. The van der Waals surface area contributed by atoms with E-state index >= 15 is 0 Å². The molecule has 1 aromatic heterocycles. The number of aromatic nitrogens is 2. The molecule has 3 N–H and O–H groups in total. The summed E-state index contributed by atoms with van der Waals surface area (Å²) in [7, 11) is 0. The number of nitrogens with zero attached hydrogens (tertiary/aromatic N) is 2. The van der Waals surface area contributed by atoms with E-state index in [1.54, 1.807) is 48.7 Å². The lowest BCUT2D eigenvalue weighted by Crippen LogP contribution is -2.49. The number of aliphatic hydroxyl groups is 1. The van der Waals surface area contributed by atoms with Crippen LogP contribution in [0.1, 0.15) is 22.5 Å². The fourth-order valence-electron chi connectivity index (χ4n) is 2.83. The first-order valence-electron chi connectivity index (χ1n) is 8.98. The predicted octanol–water partition coefficient (Wildman–Crippen LogP) is 0.597. The molecule has 2 amide bonds. The second kappa shape index (κ2) is 9.72. The topological polar surface area (TPSA) is 113 Å². The van der Waals surface area contributed by atoms with Gasteiger partial charge in [-0.15, -0.1) is 0 Å². The Morgan fingerprint density at radius 2 is 1.96 bits per heavy atom. The Kier molecular flexibility index (Phi) is 6.83. The van der Waals surface area contributed by atoms with Crippen molar-refractivity contribution in [2.45, 2.75) is 31.2 Å². The molecule has 0 fully saturated rings. The first-order chi connectivity index (χ1) is 13.7. The molecule has 8 heteroatoms. The van der Waals surface area contributed by atoms with Crippen LogP contribution < -0.4 is 10.6 Å². The Morgan fingerprint density at radius 3 is 2.68 bits per heavy atom. The molecular formula is C20H22N4O4. The summed E-state index contributed by atoms with van der Waals surface area (Å²) in [5.74, 6) is -0.449. The number of amides is 2. The van der Waals surface area contributed by atoms with Crippen molar-refractivity contribution >= 4 is 11.8 Å². The molecule has 0 aliphatic carbocycles. The number of nitrogens with one attached hydrogen (secondary N) is 2. The number of hydrogen-bond acceptors (Lipinski definition) is 6. The summed E-state index contributed by atoms with van der Waals surface area (Å²) in [6, 6.07) is 10.1. The van der Waals surface area contributed by atoms with Gasteiger partial charge < -0.3 is 20.5 Å². The van der Waals surface area contributed by atoms with Gasteiger partial charge in [-0.05, 0) is 18.2 Å². The van der Waals surface area contributed by atoms with Crippen LogP contribution >= 0.6 is 0 Å². The lowest BCUT2D eigenvalue weighted by atomic mass is 10.0. The van der Waals surface area contributed by atoms with Crippen molar-refractivity contribution in [2.75, 3.05) is 6.61 Å². The Hall–Kier alpha value is -3.10. The van der Waals surface area contributed by atoms with E-state index < -0.39 is 18.2 Å². The zero-order chi connectivity index (χ0) is 19.8. The van der Waals surface area contributed by atoms with Crippen molar-refractivity contribution in [1.82, 2.24) is 20.6 Å². The minimum atomic E-state index is -0.627. The molecule has 0 unspecified atom stereocenters. The molecule has 0 saturated heterocycles. The Bertz CT molecular complexity index is 813. The van der Waals surface area contributed by atoms with Crippen molar-refractivity contribution in [3.05, 3.63) is 72.3 Å². The normalized spacial score (nSPS) is 21.1. The molecule has 0 radical (unpaired) electrons. The van der Waals surface area contributed by atoms with E-state index in [0.29, 0.717) is 17.8 Å². The quantitative estimate of drug-likeness (QED) is 0.605. The standard InChI is InChI=1S/C20H22N4O4/c25-12-18-17(24-20(27)14-4-2-1-3-5-14)7-6-16(28-18)10-19(26)22-11-15-8-9-21-13-23-15/h1-9,13,16-18,25H,10-12H2,(H,22,26)(H,24,27)/t16-,17+,18+/m1/s1. The molecule has 1 aliphatic heterocycles. The maximum Gasteiger partial charge on any atom is 0.251 e. The van der Waals surface area contributed by atoms with Crippen LogP contribution in [0, 0.1) is 0 Å². The van der Waals surface area contributed by atoms with E-state index in [2.05, 4.69) is 20.6 Å². The maximum absolute atomic E-state index is 12.3. The van der Waals surface area contributed by atoms with Gasteiger partial charge in [0.15, 0.2) is 0 Å². The maximum atomic E-state index is 12.3. The van der Waals surface area contributed by atoms with Crippen LogP contribution in [0.3, 0.4) is 0 Å². The van der Waals surface area contributed by atoms with Gasteiger partial charge in [-0.2, -0.15) is 0 Å². The predicted molar refractivity (Wildman–Crippen MR) is 101 cm³/mol. The molecule has 0 saturated carbocycles. The third kappa shape index (κ3) is 5.45. The van der Waals surface area contributed by atoms with E-state index in [1.165, 1.54) is 6.33 Å². The zero-order valence-electron chi connectivity index (χ0n) is 15.2. The summed E-state index contributed by atoms with van der Waals surface area (Å²) in [4.78, 5) is 32.3. The minimum absolute atomic E-state index is 0.109. The summed E-state index contributed by atoms with van der Waals surface area (Å²) in [6.45, 7) is 0.0279. The van der Waals surface area contributed by atoms with Gasteiger partial charge in [0.05, 0.1) is 37.4 Å². The molecule has 1 aliphatic rings. The highest BCUT2D eigenvalue weighted by atomic mass is 16.5. The smallest absolute Gasteiger partial charge is 0.251 e. The van der Waals surface area contributed by atoms with Gasteiger partial charge in [-0.1, -0.05) is 30.4 Å². The Morgan fingerprint density at radius 1 is 1.14 bits per heavy atom. The van der Waals surface area contributed by atoms with E-state index in [0.717, 1.165) is 0 Å². The third-order valence-electron chi connectivity index (χ3n) is 4.29. The van der Waals surface area contributed by atoms with Gasteiger partial charge in [-0.25, -0.2) is 9.97 Å². The lowest BCUT2D eigenvalue weighted by Gasteiger charge is -2.31. The van der Waals surface area contributed by atoms with Gasteiger partial charge in [0.2, 0.25) is 5.91 Å². The second-order valence-corrected chi connectivity index (χ2v) is 6.33. The number of carbonyl (C=O) groups is 2. The van der Waals surface area contributed by atoms with Crippen LogP contribution in [0.4, 0.5) is 0 Å². The van der Waals surface area contributed by atoms with Crippen molar-refractivity contribution in [3.8, 4) is 0 Å². The summed E-state index contributed by atoms with van der Waals surface area (Å²) in [5, 5.41) is 15.2. The highest BCUT2D eigenvalue weighted by Crippen LogP contribution is 2.16. The molecule has 0 spiro atoms. The number of benzene rings is 1. The zero-order valence-corrected chi connectivity index (χ0v) is 15.2. The molecular weight excluding hydrogens is 360 g/mol. The fourth-order valence-corrected chi connectivity index (χ4v) is 2.83. The van der Waals surface area contributed by atoms with Gasteiger partial charge >= 0.3 is 0 Å². The first-order valence-corrected chi connectivity index (χ1v) is 8.98. The van der Waals surface area contributed by atoms with E-state index in [4.69, 9.17) is 4.74 Å². The lowest BCUT2D eigenvalue weighted by molar-refractivity contribution is -0.125. The molecule has 146 valence electrons. The van der Waals surface area contributed by atoms with Gasteiger partial charge in [0, 0.05) is 11.8 Å². The number of rotatable bonds is 7. The van der Waals surface area contributed by atoms with Gasteiger partial charge in [-0.3, -0.25) is 9.59 Å². The monoisotopic (exact) mass is 382 g/mol. The Balaban J connectivity index is 1.52. The van der Waals surface area contributed by atoms with E-state index in [-0.39, 0.29) is 24.8 Å². The highest BCUT2D eigenvalue weighted by molar-refractivity contribution is 5.94. The molecule has 1 aromatic carbocycles. The number of ether oxygens (including phenoxy) is 1. The summed E-state index contributed by atoms with van der Waals surface area (Å²) in [5.41, 5.74) is 1.24. The van der Waals surface area contributed by atoms with Crippen molar-refractivity contribution in [1.29, 1.82) is 0 Å². The van der Waals surface area contributed by atoms with Crippen molar-refractivity contribution in [2.24, 2.45) is 0 Å². The molecule has 3 rings (SSSR count). The van der Waals surface area contributed by atoms with E-state index in [9.17, 15) is 14.7 Å². The van der Waals surface area contributed by atoms with Crippen LogP contribution in [0.2, 0.25) is 0 Å². The minimum Gasteiger partial charge on any atom is -0.394 e. The largest absolute Gasteiger partial charge is 0.394 e. The van der Waals surface area contributed by atoms with Crippen LogP contribution in [0.25, 0.3) is 0 Å². The van der Waals surface area contributed by atoms with Crippen molar-refractivity contribution in [3.63, 3.8) is 0 Å². The van der Waals surface area contributed by atoms with Crippen LogP contribution in [-0.2, 0) is 16.1 Å². The number of hydrogen-bond donors (Lipinski definition) is 3. The Labute approximate surface area is 162 Å². The average Bonchev–Trinajstić information content (AvgIpc) is 2.74. The molecule has 2 aromatic rings. The summed E-state index contributed by atoms with van der Waals surface area (Å²) >= 11 is 0. The van der Waals surface area contributed by atoms with Crippen molar-refractivity contribution < 1.29 is 19.4 Å². The van der Waals surface area contributed by atoms with Crippen LogP contribution in [0.15, 0.2) is 61.1 Å². The van der Waals surface area contributed by atoms with E-state index in [1.807, 2.05) is 6.07 Å². The molecule has 8 nitrogen and oxygen atoms in total. The fraction of sp³-hybridized carbons (Fsp3) is 0.300. The average molecular weight is 382 g/mol.